The number of anilines is 1. The highest BCUT2D eigenvalue weighted by atomic mass is 35.5. The number of thioether (sulfide) groups is 1. The zero-order valence-electron chi connectivity index (χ0n) is 15.9. The Bertz CT molecular complexity index is 1240. The lowest BCUT2D eigenvalue weighted by Crippen LogP contribution is -2.26. The summed E-state index contributed by atoms with van der Waals surface area (Å²) in [6, 6.07) is 16.4. The molecule has 0 bridgehead atoms. The summed E-state index contributed by atoms with van der Waals surface area (Å²) < 4.78 is 3.25. The van der Waals surface area contributed by atoms with Crippen LogP contribution in [0.25, 0.3) is 10.9 Å². The molecule has 0 fully saturated rings. The molecule has 0 unspecified atom stereocenters. The summed E-state index contributed by atoms with van der Waals surface area (Å²) in [4.78, 5) is 30.0. The summed E-state index contributed by atoms with van der Waals surface area (Å²) in [5.41, 5.74) is 1.18. The lowest BCUT2D eigenvalue weighted by Gasteiger charge is -2.13. The fourth-order valence-electron chi connectivity index (χ4n) is 2.97. The molecule has 2 aromatic heterocycles. The van der Waals surface area contributed by atoms with Gasteiger partial charge in [0, 0.05) is 18.4 Å². The molecule has 0 radical (unpaired) electrons. The van der Waals surface area contributed by atoms with Crippen molar-refractivity contribution in [2.45, 2.75) is 18.2 Å². The zero-order chi connectivity index (χ0) is 20.9. The Morgan fingerprint density at radius 2 is 1.83 bits per heavy atom. The maximum atomic E-state index is 13.1. The normalized spacial score (nSPS) is 11.0. The van der Waals surface area contributed by atoms with E-state index in [1.165, 1.54) is 11.8 Å². The van der Waals surface area contributed by atoms with E-state index in [2.05, 4.69) is 15.4 Å². The van der Waals surface area contributed by atoms with Crippen LogP contribution in [0.4, 0.5) is 5.69 Å². The first-order valence-electron chi connectivity index (χ1n) is 9.25. The van der Waals surface area contributed by atoms with Gasteiger partial charge in [-0.2, -0.15) is 5.10 Å². The number of nitrogens with one attached hydrogen (secondary N) is 1. The smallest absolute Gasteiger partial charge is 0.262 e. The molecule has 4 rings (SSSR count). The summed E-state index contributed by atoms with van der Waals surface area (Å²) >= 11 is 7.15. The number of para-hydroxylation sites is 2. The first kappa shape index (κ1) is 20.2. The summed E-state index contributed by atoms with van der Waals surface area (Å²) in [5, 5.41) is 8.55. The Hall–Kier alpha value is -3.10. The molecule has 9 heteroatoms. The molecule has 0 aliphatic rings. The number of carbonyl (C=O) groups is 1. The number of rotatable bonds is 7. The van der Waals surface area contributed by atoms with Crippen LogP contribution in [0.1, 0.15) is 0 Å². The number of halogens is 1. The number of aryl methyl sites for hydroxylation is 1. The second kappa shape index (κ2) is 9.15. The van der Waals surface area contributed by atoms with Gasteiger partial charge in [-0.05, 0) is 24.3 Å². The van der Waals surface area contributed by atoms with Gasteiger partial charge in [-0.25, -0.2) is 4.98 Å². The second-order valence-corrected chi connectivity index (χ2v) is 7.87. The van der Waals surface area contributed by atoms with Gasteiger partial charge in [0.2, 0.25) is 5.91 Å². The third-order valence-electron chi connectivity index (χ3n) is 4.37. The fourth-order valence-corrected chi connectivity index (χ4v) is 3.95. The second-order valence-electron chi connectivity index (χ2n) is 6.49. The van der Waals surface area contributed by atoms with E-state index in [1.54, 1.807) is 33.8 Å². The lowest BCUT2D eigenvalue weighted by atomic mass is 10.2. The van der Waals surface area contributed by atoms with Crippen molar-refractivity contribution in [1.82, 2.24) is 19.3 Å². The van der Waals surface area contributed by atoms with Crippen LogP contribution in [0, 0.1) is 0 Å². The van der Waals surface area contributed by atoms with Crippen LogP contribution >= 0.6 is 23.4 Å². The topological polar surface area (TPSA) is 81.8 Å². The summed E-state index contributed by atoms with van der Waals surface area (Å²) in [6.45, 7) is 0.813. The van der Waals surface area contributed by atoms with E-state index in [1.807, 2.05) is 42.5 Å². The molecule has 0 aliphatic heterocycles. The Labute approximate surface area is 181 Å². The Morgan fingerprint density at radius 1 is 1.07 bits per heavy atom. The molecular weight excluding hydrogens is 422 g/mol. The van der Waals surface area contributed by atoms with Crippen molar-refractivity contribution in [2.24, 2.45) is 0 Å². The highest BCUT2D eigenvalue weighted by Crippen LogP contribution is 2.19. The van der Waals surface area contributed by atoms with E-state index in [-0.39, 0.29) is 17.2 Å². The van der Waals surface area contributed by atoms with Gasteiger partial charge >= 0.3 is 0 Å². The third kappa shape index (κ3) is 4.72. The zero-order valence-corrected chi connectivity index (χ0v) is 17.4. The monoisotopic (exact) mass is 439 g/mol. The number of benzene rings is 2. The highest BCUT2D eigenvalue weighted by Gasteiger charge is 2.13. The SMILES string of the molecule is O=C(CSc1nc2ccccc2c(=O)n1CCn1cc(Cl)cn1)Nc1ccccc1. The maximum absolute atomic E-state index is 13.1. The molecule has 7 nitrogen and oxygen atoms in total. The molecule has 0 spiro atoms. The first-order chi connectivity index (χ1) is 14.6. The van der Waals surface area contributed by atoms with Crippen LogP contribution in [-0.2, 0) is 17.9 Å². The van der Waals surface area contributed by atoms with Gasteiger partial charge in [-0.1, -0.05) is 53.7 Å². The molecule has 0 saturated carbocycles. The number of hydrogen-bond acceptors (Lipinski definition) is 5. The minimum Gasteiger partial charge on any atom is -0.325 e. The van der Waals surface area contributed by atoms with Crippen LogP contribution in [0.5, 0.6) is 0 Å². The van der Waals surface area contributed by atoms with Crippen LogP contribution in [-0.4, -0.2) is 31.0 Å². The number of nitrogens with zero attached hydrogens (tertiary/aromatic N) is 4. The van der Waals surface area contributed by atoms with Crippen molar-refractivity contribution in [3.8, 4) is 0 Å². The Balaban J connectivity index is 1.56. The van der Waals surface area contributed by atoms with E-state index in [9.17, 15) is 9.59 Å². The average Bonchev–Trinajstić information content (AvgIpc) is 3.17. The van der Waals surface area contributed by atoms with Gasteiger partial charge in [0.05, 0.1) is 34.4 Å². The van der Waals surface area contributed by atoms with Crippen LogP contribution in [0.15, 0.2) is 76.9 Å². The number of hydrogen-bond donors (Lipinski definition) is 1. The average molecular weight is 440 g/mol. The number of amides is 1. The highest BCUT2D eigenvalue weighted by molar-refractivity contribution is 7.99. The molecule has 2 heterocycles. The number of fused-ring (bicyclic) bond motifs is 1. The Kier molecular flexibility index (Phi) is 6.15. The summed E-state index contributed by atoms with van der Waals surface area (Å²) in [7, 11) is 0. The van der Waals surface area contributed by atoms with E-state index in [4.69, 9.17) is 11.6 Å². The van der Waals surface area contributed by atoms with Crippen molar-refractivity contribution in [3.05, 3.63) is 82.4 Å². The van der Waals surface area contributed by atoms with Gasteiger partial charge in [0.1, 0.15) is 0 Å². The van der Waals surface area contributed by atoms with Crippen LogP contribution in [0.3, 0.4) is 0 Å². The predicted octanol–water partition coefficient (Wildman–Crippen LogP) is 3.68. The summed E-state index contributed by atoms with van der Waals surface area (Å²) in [5.74, 6) is -0.0354. The molecule has 30 heavy (non-hydrogen) atoms. The summed E-state index contributed by atoms with van der Waals surface area (Å²) in [6.07, 6.45) is 3.24. The van der Waals surface area contributed by atoms with Crippen LogP contribution in [0.2, 0.25) is 5.02 Å². The predicted molar refractivity (Wildman–Crippen MR) is 119 cm³/mol. The van der Waals surface area contributed by atoms with Crippen molar-refractivity contribution in [2.75, 3.05) is 11.1 Å². The van der Waals surface area contributed by atoms with Crippen LogP contribution < -0.4 is 10.9 Å². The van der Waals surface area contributed by atoms with Gasteiger partial charge in [0.25, 0.3) is 5.56 Å². The standard InChI is InChI=1S/C21H18ClN5O2S/c22-15-12-23-26(13-15)10-11-27-20(29)17-8-4-5-9-18(17)25-21(27)30-14-19(28)24-16-6-2-1-3-7-16/h1-9,12-13H,10-11,14H2,(H,24,28). The third-order valence-corrected chi connectivity index (χ3v) is 5.54. The fraction of sp³-hybridized carbons (Fsp3) is 0.143. The lowest BCUT2D eigenvalue weighted by molar-refractivity contribution is -0.113. The molecule has 0 aliphatic carbocycles. The molecule has 0 saturated heterocycles. The quantitative estimate of drug-likeness (QED) is 0.351. The van der Waals surface area contributed by atoms with Gasteiger partial charge in [-0.3, -0.25) is 18.8 Å². The van der Waals surface area contributed by atoms with Gasteiger partial charge < -0.3 is 5.32 Å². The van der Waals surface area contributed by atoms with E-state index >= 15 is 0 Å². The molecule has 1 amide bonds. The first-order valence-corrected chi connectivity index (χ1v) is 10.6. The molecule has 2 aromatic carbocycles. The van der Waals surface area contributed by atoms with Crippen molar-refractivity contribution < 1.29 is 4.79 Å². The molecule has 0 atom stereocenters. The molecular formula is C21H18ClN5O2S. The molecule has 152 valence electrons. The van der Waals surface area contributed by atoms with E-state index < -0.39 is 0 Å². The van der Waals surface area contributed by atoms with E-state index in [0.717, 1.165) is 5.69 Å². The van der Waals surface area contributed by atoms with Crippen molar-refractivity contribution in [3.63, 3.8) is 0 Å². The Morgan fingerprint density at radius 3 is 2.60 bits per heavy atom. The largest absolute Gasteiger partial charge is 0.325 e. The maximum Gasteiger partial charge on any atom is 0.262 e. The molecule has 1 N–H and O–H groups in total. The minimum absolute atomic E-state index is 0.132. The van der Waals surface area contributed by atoms with Crippen molar-refractivity contribution >= 4 is 45.9 Å². The van der Waals surface area contributed by atoms with Gasteiger partial charge in [0.15, 0.2) is 5.16 Å². The van der Waals surface area contributed by atoms with E-state index in [0.29, 0.717) is 34.2 Å². The van der Waals surface area contributed by atoms with Crippen molar-refractivity contribution in [1.29, 1.82) is 0 Å². The van der Waals surface area contributed by atoms with Gasteiger partial charge in [-0.15, -0.1) is 0 Å². The number of carbonyl (C=O) groups excluding carboxylic acids is 1. The minimum atomic E-state index is -0.168. The number of aromatic nitrogens is 4. The molecule has 4 aromatic rings.